The first-order valence-corrected chi connectivity index (χ1v) is 32.8. The zero-order chi connectivity index (χ0) is 57.8. The Bertz CT molecular complexity index is 1750. The van der Waals surface area contributed by atoms with E-state index in [2.05, 4.69) is 167 Å². The second kappa shape index (κ2) is 66.8. The van der Waals surface area contributed by atoms with Crippen LogP contribution in [-0.2, 0) is 28.6 Å². The predicted octanol–water partition coefficient (Wildman–Crippen LogP) is 22.7. The van der Waals surface area contributed by atoms with E-state index in [0.717, 1.165) is 161 Å². The Balaban J connectivity index is 4.40. The topological polar surface area (TPSA) is 78.9 Å². The second-order valence-corrected chi connectivity index (χ2v) is 21.3. The maximum absolute atomic E-state index is 12.9. The Morgan fingerprint density at radius 2 is 0.487 bits per heavy atom. The van der Waals surface area contributed by atoms with Gasteiger partial charge in [0.05, 0.1) is 0 Å². The van der Waals surface area contributed by atoms with E-state index in [4.69, 9.17) is 14.2 Å². The fourth-order valence-electron chi connectivity index (χ4n) is 8.70. The number of carbonyl (C=O) groups excluding carboxylic acids is 3. The number of esters is 3. The van der Waals surface area contributed by atoms with Crippen molar-refractivity contribution in [1.29, 1.82) is 0 Å². The molecule has 6 nitrogen and oxygen atoms in total. The summed E-state index contributed by atoms with van der Waals surface area (Å²) in [6.45, 7) is 6.37. The molecule has 0 aliphatic carbocycles. The number of allylic oxidation sites excluding steroid dienone is 24. The molecule has 0 aliphatic heterocycles. The second-order valence-electron chi connectivity index (χ2n) is 21.3. The van der Waals surface area contributed by atoms with Crippen LogP contribution in [0.4, 0.5) is 0 Å². The fourth-order valence-corrected chi connectivity index (χ4v) is 8.70. The quantitative estimate of drug-likeness (QED) is 0.0261. The van der Waals surface area contributed by atoms with Gasteiger partial charge in [-0.3, -0.25) is 14.4 Å². The highest BCUT2D eigenvalue weighted by molar-refractivity contribution is 5.71. The summed E-state index contributed by atoms with van der Waals surface area (Å²) in [4.78, 5) is 38.4. The third kappa shape index (κ3) is 64.1. The molecule has 0 spiro atoms. The van der Waals surface area contributed by atoms with E-state index in [9.17, 15) is 14.4 Å². The van der Waals surface area contributed by atoms with Gasteiger partial charge >= 0.3 is 17.9 Å². The van der Waals surface area contributed by atoms with Crippen molar-refractivity contribution in [3.63, 3.8) is 0 Å². The first-order valence-electron chi connectivity index (χ1n) is 32.8. The van der Waals surface area contributed by atoms with Crippen LogP contribution in [0.15, 0.2) is 146 Å². The van der Waals surface area contributed by atoms with Gasteiger partial charge in [0.2, 0.25) is 0 Å². The maximum atomic E-state index is 12.9. The molecule has 0 rings (SSSR count). The first-order chi connectivity index (χ1) is 39.5. The molecule has 0 radical (unpaired) electrons. The molecule has 0 bridgehead atoms. The van der Waals surface area contributed by atoms with Crippen LogP contribution in [-0.4, -0.2) is 37.2 Å². The van der Waals surface area contributed by atoms with Gasteiger partial charge in [-0.2, -0.15) is 0 Å². The van der Waals surface area contributed by atoms with Crippen molar-refractivity contribution < 1.29 is 28.6 Å². The molecule has 0 N–H and O–H groups in total. The molecule has 0 aromatic carbocycles. The fraction of sp³-hybridized carbons (Fsp3) is 0.635. The van der Waals surface area contributed by atoms with E-state index in [0.29, 0.717) is 19.3 Å². The number of hydrogen-bond donors (Lipinski definition) is 0. The van der Waals surface area contributed by atoms with Gasteiger partial charge in [0, 0.05) is 19.3 Å². The molecule has 0 aliphatic rings. The molecule has 0 fully saturated rings. The highest BCUT2D eigenvalue weighted by atomic mass is 16.6. The van der Waals surface area contributed by atoms with Crippen LogP contribution < -0.4 is 0 Å². The Morgan fingerprint density at radius 1 is 0.263 bits per heavy atom. The smallest absolute Gasteiger partial charge is 0.306 e. The highest BCUT2D eigenvalue weighted by Gasteiger charge is 2.19. The van der Waals surface area contributed by atoms with Crippen molar-refractivity contribution in [2.24, 2.45) is 0 Å². The molecule has 0 amide bonds. The normalized spacial score (nSPS) is 13.1. The standard InChI is InChI=1S/C74H120O6/c1-4-7-10-13-16-19-22-25-28-30-32-33-34-35-36-37-38-39-40-41-42-44-46-49-52-55-58-61-64-67-73(76)79-70-71(69-78-72(75)66-63-60-57-54-51-48-45-27-24-21-18-15-12-9-6-3)80-74(77)68-65-62-59-56-53-50-47-43-31-29-26-23-20-17-14-11-8-5-2/h7,9-10,12,16,18-21,23,25,27-29,31-33,35-36,38-39,41-42,45,71H,4-6,8,11,13-15,17,22,24,26,30,34,37,40,43-44,46-70H2,1-3H3/b10-7-,12-9-,19-16-,21-18-,23-20-,28-25-,31-29-,33-32-,36-35-,39-38-,42-41-,45-27-. The Hall–Kier alpha value is -4.71. The van der Waals surface area contributed by atoms with Gasteiger partial charge in [0.25, 0.3) is 0 Å². The third-order valence-electron chi connectivity index (χ3n) is 13.6. The van der Waals surface area contributed by atoms with Crippen LogP contribution in [0.1, 0.15) is 284 Å². The van der Waals surface area contributed by atoms with Gasteiger partial charge in [0.15, 0.2) is 6.10 Å². The summed E-state index contributed by atoms with van der Waals surface area (Å²) in [5.74, 6) is -0.931. The number of carbonyl (C=O) groups is 3. The van der Waals surface area contributed by atoms with Gasteiger partial charge in [-0.05, 0) is 141 Å². The average molecular weight is 1110 g/mol. The lowest BCUT2D eigenvalue weighted by molar-refractivity contribution is -0.167. The van der Waals surface area contributed by atoms with Crippen molar-refractivity contribution in [2.75, 3.05) is 13.2 Å². The zero-order valence-corrected chi connectivity index (χ0v) is 51.8. The van der Waals surface area contributed by atoms with Crippen LogP contribution in [0.3, 0.4) is 0 Å². The molecule has 1 unspecified atom stereocenters. The summed E-state index contributed by atoms with van der Waals surface area (Å²) in [5.41, 5.74) is 0. The molecule has 0 heterocycles. The third-order valence-corrected chi connectivity index (χ3v) is 13.6. The Morgan fingerprint density at radius 3 is 0.762 bits per heavy atom. The predicted molar refractivity (Wildman–Crippen MR) is 348 cm³/mol. The minimum absolute atomic E-state index is 0.0975. The van der Waals surface area contributed by atoms with Crippen LogP contribution >= 0.6 is 0 Å². The number of ether oxygens (including phenoxy) is 3. The van der Waals surface area contributed by atoms with Gasteiger partial charge in [-0.1, -0.05) is 269 Å². The van der Waals surface area contributed by atoms with Crippen molar-refractivity contribution >= 4 is 17.9 Å². The van der Waals surface area contributed by atoms with E-state index in [-0.39, 0.29) is 31.1 Å². The molecule has 0 aromatic rings. The van der Waals surface area contributed by atoms with Crippen LogP contribution in [0.2, 0.25) is 0 Å². The number of unbranched alkanes of at least 4 members (excludes halogenated alkanes) is 23. The maximum Gasteiger partial charge on any atom is 0.306 e. The lowest BCUT2D eigenvalue weighted by Crippen LogP contribution is -2.30. The molecule has 0 aromatic heterocycles. The monoisotopic (exact) mass is 1100 g/mol. The molecule has 1 atom stereocenters. The highest BCUT2D eigenvalue weighted by Crippen LogP contribution is 2.15. The first kappa shape index (κ1) is 75.3. The molecular formula is C74H120O6. The lowest BCUT2D eigenvalue weighted by Gasteiger charge is -2.18. The molecule has 0 saturated carbocycles. The van der Waals surface area contributed by atoms with Gasteiger partial charge in [0.1, 0.15) is 13.2 Å². The van der Waals surface area contributed by atoms with E-state index < -0.39 is 6.10 Å². The molecule has 80 heavy (non-hydrogen) atoms. The van der Waals surface area contributed by atoms with Gasteiger partial charge in [-0.15, -0.1) is 0 Å². The summed E-state index contributed by atoms with van der Waals surface area (Å²) in [7, 11) is 0. The Kier molecular flexibility index (Phi) is 62.9. The summed E-state index contributed by atoms with van der Waals surface area (Å²) in [5, 5.41) is 0. The SMILES string of the molecule is CC/C=C\C/C=C\C/C=C\C/C=C\C/C=C\C/C=C\C/C=C\CCCCCCCCCC(=O)OCC(COC(=O)CCCCCCC/C=C\C/C=C\C/C=C\CC)OC(=O)CCCCCCCCC/C=C\C/C=C\CCCCCC. The Labute approximate surface area is 493 Å². The minimum Gasteiger partial charge on any atom is -0.462 e. The number of rotatable bonds is 58. The van der Waals surface area contributed by atoms with Crippen molar-refractivity contribution in [1.82, 2.24) is 0 Å². The molecule has 0 saturated heterocycles. The van der Waals surface area contributed by atoms with Crippen molar-refractivity contribution in [2.45, 2.75) is 290 Å². The van der Waals surface area contributed by atoms with E-state index in [1.54, 1.807) is 0 Å². The van der Waals surface area contributed by atoms with Crippen molar-refractivity contribution in [3.05, 3.63) is 146 Å². The molecular weight excluding hydrogens is 985 g/mol. The van der Waals surface area contributed by atoms with Gasteiger partial charge < -0.3 is 14.2 Å². The molecule has 452 valence electrons. The van der Waals surface area contributed by atoms with E-state index in [1.165, 1.54) is 83.5 Å². The van der Waals surface area contributed by atoms with Crippen molar-refractivity contribution in [3.8, 4) is 0 Å². The molecule has 6 heteroatoms. The number of hydrogen-bond acceptors (Lipinski definition) is 6. The lowest BCUT2D eigenvalue weighted by atomic mass is 10.1. The minimum atomic E-state index is -0.802. The van der Waals surface area contributed by atoms with Crippen LogP contribution in [0.25, 0.3) is 0 Å². The van der Waals surface area contributed by atoms with Gasteiger partial charge in [-0.25, -0.2) is 0 Å². The summed E-state index contributed by atoms with van der Waals surface area (Å²) >= 11 is 0. The average Bonchev–Trinajstić information content (AvgIpc) is 3.46. The summed E-state index contributed by atoms with van der Waals surface area (Å²) in [6, 6.07) is 0. The summed E-state index contributed by atoms with van der Waals surface area (Å²) < 4.78 is 16.9. The largest absolute Gasteiger partial charge is 0.462 e. The van der Waals surface area contributed by atoms with Crippen LogP contribution in [0.5, 0.6) is 0 Å². The van der Waals surface area contributed by atoms with E-state index >= 15 is 0 Å². The summed E-state index contributed by atoms with van der Waals surface area (Å²) in [6.07, 6.45) is 95.6. The van der Waals surface area contributed by atoms with E-state index in [1.807, 2.05) is 0 Å². The zero-order valence-electron chi connectivity index (χ0n) is 51.8. The van der Waals surface area contributed by atoms with Crippen LogP contribution in [0, 0.1) is 0 Å².